The number of benzene rings is 1. The average molecular weight is 573 g/mol. The lowest BCUT2D eigenvalue weighted by atomic mass is 9.63. The minimum atomic E-state index is 0.142. The summed E-state index contributed by atoms with van der Waals surface area (Å²) in [5, 5.41) is 7.54. The molecule has 3 aromatic heterocycles. The largest absolute Gasteiger partial charge is 0.339 e. The van der Waals surface area contributed by atoms with Crippen molar-refractivity contribution in [3.63, 3.8) is 0 Å². The van der Waals surface area contributed by atoms with Gasteiger partial charge in [0.2, 0.25) is 0 Å². The van der Waals surface area contributed by atoms with Crippen molar-refractivity contribution in [2.45, 2.75) is 70.1 Å². The highest BCUT2D eigenvalue weighted by Gasteiger charge is 2.37. The molecule has 6 heteroatoms. The van der Waals surface area contributed by atoms with Crippen molar-refractivity contribution in [2.24, 2.45) is 0 Å². The van der Waals surface area contributed by atoms with Crippen LogP contribution in [0, 0.1) is 0 Å². The first-order chi connectivity index (χ1) is 18.7. The van der Waals surface area contributed by atoms with Gasteiger partial charge in [0.1, 0.15) is 0 Å². The van der Waals surface area contributed by atoms with Crippen molar-refractivity contribution in [1.29, 1.82) is 0 Å². The molecule has 39 heavy (non-hydrogen) atoms. The smallest absolute Gasteiger partial charge is 0.255 e. The number of fused-ring (bicyclic) bond motifs is 1. The summed E-state index contributed by atoms with van der Waals surface area (Å²) in [6.07, 6.45) is 6.42. The van der Waals surface area contributed by atoms with Gasteiger partial charge in [0.05, 0.1) is 16.3 Å². The third-order valence-corrected chi connectivity index (χ3v) is 11.4. The van der Waals surface area contributed by atoms with E-state index in [-0.39, 0.29) is 16.7 Å². The molecule has 0 spiro atoms. The Labute approximate surface area is 244 Å². The van der Waals surface area contributed by atoms with Crippen LogP contribution in [0.2, 0.25) is 0 Å². The summed E-state index contributed by atoms with van der Waals surface area (Å²) in [6, 6.07) is 15.2. The van der Waals surface area contributed by atoms with Gasteiger partial charge in [-0.15, -0.1) is 34.0 Å². The molecule has 0 saturated carbocycles. The molecule has 6 rings (SSSR count). The number of hydrogen-bond donors (Lipinski definition) is 0. The lowest BCUT2D eigenvalue weighted by molar-refractivity contribution is -0.125. The second kappa shape index (κ2) is 10.5. The Hall–Kier alpha value is -2.54. The van der Waals surface area contributed by atoms with Crippen LogP contribution in [-0.4, -0.2) is 28.9 Å². The minimum Gasteiger partial charge on any atom is -0.339 e. The third kappa shape index (κ3) is 5.31. The van der Waals surface area contributed by atoms with E-state index in [9.17, 15) is 4.79 Å². The van der Waals surface area contributed by atoms with Crippen molar-refractivity contribution in [3.05, 3.63) is 84.5 Å². The van der Waals surface area contributed by atoms with Gasteiger partial charge >= 0.3 is 0 Å². The number of amides is 1. The molecule has 3 nitrogen and oxygen atoms in total. The second-order valence-corrected chi connectivity index (χ2v) is 15.0. The Morgan fingerprint density at radius 3 is 2.33 bits per heavy atom. The van der Waals surface area contributed by atoms with Crippen molar-refractivity contribution in [1.82, 2.24) is 9.88 Å². The van der Waals surface area contributed by atoms with Crippen molar-refractivity contribution in [3.8, 4) is 11.3 Å². The highest BCUT2D eigenvalue weighted by molar-refractivity contribution is 7.12. The number of rotatable bonds is 5. The van der Waals surface area contributed by atoms with E-state index in [1.807, 2.05) is 22.4 Å². The number of likely N-dealkylation sites (tertiary alicyclic amines) is 1. The molecule has 202 valence electrons. The van der Waals surface area contributed by atoms with Crippen LogP contribution in [0.3, 0.4) is 0 Å². The monoisotopic (exact) mass is 572 g/mol. The Balaban J connectivity index is 1.17. The fraction of sp³-hybridized carbons (Fsp3) is 0.394. The van der Waals surface area contributed by atoms with Gasteiger partial charge in [0.15, 0.2) is 0 Å². The zero-order valence-electron chi connectivity index (χ0n) is 23.2. The number of thiazole rings is 1. The summed E-state index contributed by atoms with van der Waals surface area (Å²) < 4.78 is 0. The maximum absolute atomic E-state index is 13.6. The van der Waals surface area contributed by atoms with E-state index in [1.54, 1.807) is 34.0 Å². The predicted molar refractivity (Wildman–Crippen MR) is 168 cm³/mol. The first kappa shape index (κ1) is 26.7. The fourth-order valence-corrected chi connectivity index (χ4v) is 8.43. The van der Waals surface area contributed by atoms with E-state index in [0.29, 0.717) is 5.92 Å². The first-order valence-corrected chi connectivity index (χ1v) is 16.5. The van der Waals surface area contributed by atoms with Crippen LogP contribution in [0.15, 0.2) is 58.6 Å². The molecular formula is C33H36N2OS3. The zero-order valence-corrected chi connectivity index (χ0v) is 25.6. The van der Waals surface area contributed by atoms with Crippen molar-refractivity contribution in [2.75, 3.05) is 13.1 Å². The Morgan fingerprint density at radius 2 is 1.64 bits per heavy atom. The quantitative estimate of drug-likeness (QED) is 0.223. The number of nitrogens with zero attached hydrogens (tertiary/aromatic N) is 2. The normalized spacial score (nSPS) is 19.2. The number of carbonyl (C=O) groups excluding carboxylic acids is 1. The highest BCUT2D eigenvalue weighted by Crippen LogP contribution is 2.47. The van der Waals surface area contributed by atoms with E-state index in [1.165, 1.54) is 34.5 Å². The summed E-state index contributed by atoms with van der Waals surface area (Å²) in [4.78, 5) is 23.0. The van der Waals surface area contributed by atoms with Crippen LogP contribution < -0.4 is 0 Å². The summed E-state index contributed by atoms with van der Waals surface area (Å²) >= 11 is 5.08. The molecule has 1 saturated heterocycles. The molecule has 0 radical (unpaired) electrons. The molecule has 0 bridgehead atoms. The van der Waals surface area contributed by atoms with Gasteiger partial charge < -0.3 is 4.90 Å². The number of piperidine rings is 1. The predicted octanol–water partition coefficient (Wildman–Crippen LogP) is 9.23. The fourth-order valence-electron chi connectivity index (χ4n) is 6.04. The van der Waals surface area contributed by atoms with E-state index in [0.717, 1.165) is 47.0 Å². The van der Waals surface area contributed by atoms with E-state index in [2.05, 4.69) is 74.9 Å². The highest BCUT2D eigenvalue weighted by atomic mass is 32.1. The Kier molecular flexibility index (Phi) is 7.15. The van der Waals surface area contributed by atoms with Crippen LogP contribution in [0.1, 0.15) is 85.2 Å². The molecule has 1 aliphatic heterocycles. The van der Waals surface area contributed by atoms with Crippen LogP contribution in [0.25, 0.3) is 22.9 Å². The summed E-state index contributed by atoms with van der Waals surface area (Å²) in [5.41, 5.74) is 6.52. The Bertz CT molecular complexity index is 1480. The number of carbonyl (C=O) groups is 1. The molecule has 1 aromatic carbocycles. The SMILES string of the molecule is CC1(C)CCC(C)(C)c2cc(-c3csc(C4CCN(C(=O)/C(=C/c5cccs5)c5cccs5)CC4)n3)ccc21. The van der Waals surface area contributed by atoms with Crippen LogP contribution in [0.5, 0.6) is 0 Å². The summed E-state index contributed by atoms with van der Waals surface area (Å²) in [7, 11) is 0. The first-order valence-electron chi connectivity index (χ1n) is 13.9. The van der Waals surface area contributed by atoms with Gasteiger partial charge in [-0.05, 0) is 82.7 Å². The third-order valence-electron chi connectivity index (χ3n) is 8.65. The molecule has 1 aliphatic carbocycles. The average Bonchev–Trinajstić information content (AvgIpc) is 3.73. The van der Waals surface area contributed by atoms with E-state index < -0.39 is 0 Å². The van der Waals surface area contributed by atoms with Crippen molar-refractivity contribution < 1.29 is 4.79 Å². The second-order valence-electron chi connectivity index (χ2n) is 12.2. The zero-order chi connectivity index (χ0) is 27.2. The maximum Gasteiger partial charge on any atom is 0.255 e. The molecule has 4 heterocycles. The van der Waals surface area contributed by atoms with Gasteiger partial charge in [0.25, 0.3) is 5.91 Å². The van der Waals surface area contributed by atoms with Gasteiger partial charge in [-0.3, -0.25) is 4.79 Å². The van der Waals surface area contributed by atoms with Gasteiger partial charge in [-0.1, -0.05) is 52.0 Å². The van der Waals surface area contributed by atoms with Crippen LogP contribution in [0.4, 0.5) is 0 Å². The minimum absolute atomic E-state index is 0.142. The van der Waals surface area contributed by atoms with Crippen LogP contribution >= 0.6 is 34.0 Å². The Morgan fingerprint density at radius 1 is 0.923 bits per heavy atom. The lowest BCUT2D eigenvalue weighted by Gasteiger charge is -2.42. The number of thiophene rings is 2. The molecule has 1 fully saturated rings. The number of aromatic nitrogens is 1. The van der Waals surface area contributed by atoms with Crippen LogP contribution in [-0.2, 0) is 15.6 Å². The molecule has 4 aromatic rings. The summed E-state index contributed by atoms with van der Waals surface area (Å²) in [5.74, 6) is 0.552. The van der Waals surface area contributed by atoms with Crippen molar-refractivity contribution >= 4 is 51.6 Å². The lowest BCUT2D eigenvalue weighted by Crippen LogP contribution is -2.38. The molecule has 1 amide bonds. The van der Waals surface area contributed by atoms with E-state index >= 15 is 0 Å². The standard InChI is InChI=1S/C33H36N2OS3/c1-32(2)13-14-33(3,4)27-19-23(9-10-26(27)32)28-21-39-30(34-28)22-11-15-35(16-12-22)31(36)25(29-8-6-18-38-29)20-24-7-5-17-37-24/h5-10,17-22H,11-16H2,1-4H3/b25-20+. The molecule has 0 N–H and O–H groups in total. The maximum atomic E-state index is 13.6. The number of hydrogen-bond acceptors (Lipinski definition) is 5. The molecule has 2 aliphatic rings. The van der Waals surface area contributed by atoms with E-state index in [4.69, 9.17) is 4.98 Å². The van der Waals surface area contributed by atoms with Gasteiger partial charge in [-0.25, -0.2) is 4.98 Å². The molecule has 0 atom stereocenters. The van der Waals surface area contributed by atoms with Gasteiger partial charge in [-0.2, -0.15) is 0 Å². The molecule has 0 unspecified atom stereocenters. The molecular weight excluding hydrogens is 537 g/mol. The topological polar surface area (TPSA) is 33.2 Å². The van der Waals surface area contributed by atoms with Gasteiger partial charge in [0, 0.05) is 39.7 Å². The summed E-state index contributed by atoms with van der Waals surface area (Å²) in [6.45, 7) is 11.1.